The van der Waals surface area contributed by atoms with Gasteiger partial charge in [-0.1, -0.05) is 25.5 Å². The largest absolute Gasteiger partial charge is 0.320 e. The fourth-order valence-electron chi connectivity index (χ4n) is 1.30. The normalized spacial score (nSPS) is 11.4. The summed E-state index contributed by atoms with van der Waals surface area (Å²) in [6.45, 7) is 2.19. The summed E-state index contributed by atoms with van der Waals surface area (Å²) in [5, 5.41) is 0. The third-order valence-corrected chi connectivity index (χ3v) is 3.52. The fourth-order valence-corrected chi connectivity index (χ4v) is 2.40. The first-order chi connectivity index (χ1) is 8.11. The van der Waals surface area contributed by atoms with Gasteiger partial charge in [0.05, 0.1) is 12.3 Å². The summed E-state index contributed by atoms with van der Waals surface area (Å²) in [4.78, 5) is 0.144. The summed E-state index contributed by atoms with van der Waals surface area (Å²) in [5.41, 5.74) is 5.94. The number of rotatable bonds is 7. The Hall–Kier alpha value is -1.11. The van der Waals surface area contributed by atoms with E-state index in [0.717, 1.165) is 12.8 Å². The summed E-state index contributed by atoms with van der Waals surface area (Å²) >= 11 is 0. The van der Waals surface area contributed by atoms with Gasteiger partial charge in [-0.25, -0.2) is 5.43 Å². The van der Waals surface area contributed by atoms with E-state index >= 15 is 0 Å². The van der Waals surface area contributed by atoms with Gasteiger partial charge in [0, 0.05) is 7.05 Å². The van der Waals surface area contributed by atoms with Crippen LogP contribution in [0, 0.1) is 0 Å². The third kappa shape index (κ3) is 3.99. The van der Waals surface area contributed by atoms with E-state index < -0.39 is 10.1 Å². The van der Waals surface area contributed by atoms with E-state index in [1.165, 1.54) is 6.07 Å². The van der Waals surface area contributed by atoms with Crippen LogP contribution in [0.2, 0.25) is 0 Å². The van der Waals surface area contributed by atoms with Crippen LogP contribution in [0.1, 0.15) is 19.8 Å². The molecule has 1 aromatic rings. The van der Waals surface area contributed by atoms with E-state index in [-0.39, 0.29) is 11.5 Å². The summed E-state index contributed by atoms with van der Waals surface area (Å²) in [7, 11) is -2.02. The SMILES string of the molecule is CCCCOS(=O)(=O)c1ccccc1NNC. The Morgan fingerprint density at radius 1 is 1.29 bits per heavy atom. The number of hydrogen-bond acceptors (Lipinski definition) is 5. The van der Waals surface area contributed by atoms with E-state index in [0.29, 0.717) is 5.69 Å². The molecule has 0 amide bonds. The molecule has 0 aliphatic rings. The molecule has 0 aromatic heterocycles. The lowest BCUT2D eigenvalue weighted by atomic mass is 10.3. The lowest BCUT2D eigenvalue weighted by molar-refractivity contribution is 0.311. The maximum Gasteiger partial charge on any atom is 0.299 e. The maximum atomic E-state index is 11.9. The number of unbranched alkanes of at least 4 members (excludes halogenated alkanes) is 1. The second-order valence-electron chi connectivity index (χ2n) is 3.50. The molecule has 0 aliphatic heterocycles. The molecule has 96 valence electrons. The molecule has 0 unspecified atom stereocenters. The highest BCUT2D eigenvalue weighted by Gasteiger charge is 2.18. The molecular weight excluding hydrogens is 240 g/mol. The van der Waals surface area contributed by atoms with Crippen molar-refractivity contribution in [3.8, 4) is 0 Å². The second kappa shape index (κ2) is 6.58. The van der Waals surface area contributed by atoms with Gasteiger partial charge in [-0.05, 0) is 18.6 Å². The number of nitrogens with one attached hydrogen (secondary N) is 2. The molecule has 0 radical (unpaired) electrons. The minimum atomic E-state index is -3.69. The lowest BCUT2D eigenvalue weighted by Gasteiger charge is -2.11. The Bertz CT molecular complexity index is 446. The van der Waals surface area contributed by atoms with Gasteiger partial charge in [0.25, 0.3) is 10.1 Å². The zero-order chi connectivity index (χ0) is 12.7. The van der Waals surface area contributed by atoms with Gasteiger partial charge in [-0.15, -0.1) is 0 Å². The van der Waals surface area contributed by atoms with Crippen molar-refractivity contribution in [2.75, 3.05) is 19.1 Å². The Kier molecular flexibility index (Phi) is 5.40. The highest BCUT2D eigenvalue weighted by molar-refractivity contribution is 7.87. The van der Waals surface area contributed by atoms with Crippen LogP contribution in [0.5, 0.6) is 0 Å². The second-order valence-corrected chi connectivity index (χ2v) is 5.08. The quantitative estimate of drug-likeness (QED) is 0.443. The van der Waals surface area contributed by atoms with Crippen molar-refractivity contribution in [1.82, 2.24) is 5.43 Å². The molecule has 0 heterocycles. The van der Waals surface area contributed by atoms with E-state index in [2.05, 4.69) is 10.9 Å². The average molecular weight is 258 g/mol. The average Bonchev–Trinajstić information content (AvgIpc) is 2.30. The van der Waals surface area contributed by atoms with Crippen LogP contribution in [0.3, 0.4) is 0 Å². The van der Waals surface area contributed by atoms with Gasteiger partial charge < -0.3 is 5.43 Å². The van der Waals surface area contributed by atoms with Crippen molar-refractivity contribution in [3.05, 3.63) is 24.3 Å². The number of hydrogen-bond donors (Lipinski definition) is 2. The van der Waals surface area contributed by atoms with Crippen LogP contribution in [0.4, 0.5) is 5.69 Å². The van der Waals surface area contributed by atoms with Gasteiger partial charge >= 0.3 is 0 Å². The van der Waals surface area contributed by atoms with Crippen molar-refractivity contribution in [2.24, 2.45) is 0 Å². The van der Waals surface area contributed by atoms with Crippen LogP contribution in [0.15, 0.2) is 29.2 Å². The zero-order valence-electron chi connectivity index (χ0n) is 10.1. The van der Waals surface area contributed by atoms with Crippen molar-refractivity contribution in [3.63, 3.8) is 0 Å². The predicted molar refractivity (Wildman–Crippen MR) is 67.2 cm³/mol. The molecule has 0 bridgehead atoms. The Morgan fingerprint density at radius 2 is 2.00 bits per heavy atom. The number of anilines is 1. The molecular formula is C11H18N2O3S. The van der Waals surface area contributed by atoms with E-state index in [4.69, 9.17) is 4.18 Å². The van der Waals surface area contributed by atoms with Crippen LogP contribution in [-0.4, -0.2) is 22.1 Å². The zero-order valence-corrected chi connectivity index (χ0v) is 10.9. The fraction of sp³-hybridized carbons (Fsp3) is 0.455. The molecule has 2 N–H and O–H groups in total. The molecule has 17 heavy (non-hydrogen) atoms. The molecule has 0 atom stereocenters. The molecule has 0 spiro atoms. The Morgan fingerprint density at radius 3 is 2.65 bits per heavy atom. The molecule has 1 rings (SSSR count). The molecule has 6 heteroatoms. The monoisotopic (exact) mass is 258 g/mol. The van der Waals surface area contributed by atoms with Crippen molar-refractivity contribution < 1.29 is 12.6 Å². The lowest BCUT2D eigenvalue weighted by Crippen LogP contribution is -2.18. The highest BCUT2D eigenvalue weighted by atomic mass is 32.2. The summed E-state index contributed by atoms with van der Waals surface area (Å²) in [5.74, 6) is 0. The van der Waals surface area contributed by atoms with Gasteiger partial charge in [0.2, 0.25) is 0 Å². The van der Waals surface area contributed by atoms with Crippen LogP contribution in [-0.2, 0) is 14.3 Å². The van der Waals surface area contributed by atoms with Crippen molar-refractivity contribution in [1.29, 1.82) is 0 Å². The van der Waals surface area contributed by atoms with Crippen molar-refractivity contribution >= 4 is 15.8 Å². The first-order valence-electron chi connectivity index (χ1n) is 5.53. The van der Waals surface area contributed by atoms with Crippen LogP contribution >= 0.6 is 0 Å². The third-order valence-electron chi connectivity index (χ3n) is 2.15. The smallest absolute Gasteiger partial charge is 0.299 e. The van der Waals surface area contributed by atoms with Gasteiger partial charge in [-0.2, -0.15) is 8.42 Å². The summed E-state index contributed by atoms with van der Waals surface area (Å²) in [6.07, 6.45) is 1.62. The first kappa shape index (κ1) is 14.0. The van der Waals surface area contributed by atoms with E-state index in [9.17, 15) is 8.42 Å². The topological polar surface area (TPSA) is 67.4 Å². The summed E-state index contributed by atoms with van der Waals surface area (Å²) < 4.78 is 28.8. The number of benzene rings is 1. The predicted octanol–water partition coefficient (Wildman–Crippen LogP) is 1.74. The standard InChI is InChI=1S/C11H18N2O3S/c1-3-4-9-16-17(14,15)11-8-6-5-7-10(11)13-12-2/h5-8,12-13H,3-4,9H2,1-2H3. The van der Waals surface area contributed by atoms with Gasteiger partial charge in [0.15, 0.2) is 0 Å². The van der Waals surface area contributed by atoms with Crippen LogP contribution in [0.25, 0.3) is 0 Å². The first-order valence-corrected chi connectivity index (χ1v) is 6.94. The number of hydrazine groups is 1. The Labute approximate surface area is 102 Å². The minimum Gasteiger partial charge on any atom is -0.320 e. The summed E-state index contributed by atoms with van der Waals surface area (Å²) in [6, 6.07) is 6.61. The van der Waals surface area contributed by atoms with Crippen molar-refractivity contribution in [2.45, 2.75) is 24.7 Å². The van der Waals surface area contributed by atoms with E-state index in [1.807, 2.05) is 6.92 Å². The number of para-hydroxylation sites is 1. The van der Waals surface area contributed by atoms with Crippen LogP contribution < -0.4 is 10.9 Å². The maximum absolute atomic E-state index is 11.9. The molecule has 5 nitrogen and oxygen atoms in total. The minimum absolute atomic E-state index is 0.144. The molecule has 0 fully saturated rings. The van der Waals surface area contributed by atoms with E-state index in [1.54, 1.807) is 25.2 Å². The molecule has 0 aliphatic carbocycles. The van der Waals surface area contributed by atoms with Gasteiger partial charge in [-0.3, -0.25) is 4.18 Å². The molecule has 0 saturated carbocycles. The highest BCUT2D eigenvalue weighted by Crippen LogP contribution is 2.22. The molecule has 1 aromatic carbocycles. The van der Waals surface area contributed by atoms with Gasteiger partial charge in [0.1, 0.15) is 4.90 Å². The molecule has 0 saturated heterocycles. The Balaban J connectivity index is 2.89.